The molecule has 1 fully saturated rings. The van der Waals surface area contributed by atoms with Crippen molar-refractivity contribution in [2.45, 2.75) is 51.6 Å². The molecule has 4 heterocycles. The third-order valence-electron chi connectivity index (χ3n) is 5.86. The molecule has 3 aromatic rings. The number of carbonyl (C=O) groups is 1. The van der Waals surface area contributed by atoms with Crippen molar-refractivity contribution in [3.63, 3.8) is 0 Å². The van der Waals surface area contributed by atoms with Crippen molar-refractivity contribution < 1.29 is 4.79 Å². The lowest BCUT2D eigenvalue weighted by Gasteiger charge is -2.37. The number of hydrogen-bond donors (Lipinski definition) is 0. The summed E-state index contributed by atoms with van der Waals surface area (Å²) in [6.07, 6.45) is 4.94. The van der Waals surface area contributed by atoms with E-state index in [1.54, 1.807) is 11.3 Å². The van der Waals surface area contributed by atoms with E-state index in [-0.39, 0.29) is 17.9 Å². The van der Waals surface area contributed by atoms with Crippen molar-refractivity contribution in [2.24, 2.45) is 5.92 Å². The molecule has 1 aromatic carbocycles. The molecule has 0 spiro atoms. The van der Waals surface area contributed by atoms with E-state index in [1.165, 1.54) is 4.70 Å². The van der Waals surface area contributed by atoms with Crippen LogP contribution in [-0.4, -0.2) is 37.1 Å². The summed E-state index contributed by atoms with van der Waals surface area (Å²) in [5.41, 5.74) is 1.04. The monoisotopic (exact) mass is 381 g/mol. The van der Waals surface area contributed by atoms with Gasteiger partial charge in [-0.1, -0.05) is 12.1 Å². The molecule has 0 saturated carbocycles. The van der Waals surface area contributed by atoms with Gasteiger partial charge in [0.2, 0.25) is 5.91 Å². The number of carbonyl (C=O) groups excluding carboxylic acids is 1. The molecule has 140 valence electrons. The molecule has 5 rings (SSSR count). The maximum Gasteiger partial charge on any atom is 0.228 e. The van der Waals surface area contributed by atoms with E-state index in [2.05, 4.69) is 37.9 Å². The minimum Gasteiger partial charge on any atom is -0.333 e. The van der Waals surface area contributed by atoms with Gasteiger partial charge in [-0.05, 0) is 44.7 Å². The van der Waals surface area contributed by atoms with E-state index in [9.17, 15) is 4.79 Å². The average Bonchev–Trinajstić information content (AvgIpc) is 3.31. The quantitative estimate of drug-likeness (QED) is 0.681. The molecule has 1 saturated heterocycles. The van der Waals surface area contributed by atoms with Crippen LogP contribution in [-0.2, 0) is 17.8 Å². The zero-order chi connectivity index (χ0) is 18.4. The fraction of sp³-hybridized carbons (Fsp3) is 0.500. The highest BCUT2D eigenvalue weighted by Crippen LogP contribution is 2.37. The van der Waals surface area contributed by atoms with Crippen LogP contribution in [0.15, 0.2) is 24.3 Å². The fourth-order valence-corrected chi connectivity index (χ4v) is 5.50. The molecule has 7 heteroatoms. The van der Waals surface area contributed by atoms with E-state index in [0.29, 0.717) is 6.54 Å². The Morgan fingerprint density at radius 2 is 2.07 bits per heavy atom. The molecule has 2 aromatic heterocycles. The predicted molar refractivity (Wildman–Crippen MR) is 104 cm³/mol. The van der Waals surface area contributed by atoms with Crippen molar-refractivity contribution >= 4 is 27.5 Å². The Hall–Kier alpha value is -2.28. The molecular weight excluding hydrogens is 358 g/mol. The van der Waals surface area contributed by atoms with Gasteiger partial charge < -0.3 is 9.47 Å². The van der Waals surface area contributed by atoms with E-state index in [1.807, 2.05) is 13.0 Å². The molecule has 2 aliphatic rings. The summed E-state index contributed by atoms with van der Waals surface area (Å²) in [7, 11) is 0. The highest BCUT2D eigenvalue weighted by Gasteiger charge is 2.36. The smallest absolute Gasteiger partial charge is 0.228 e. The van der Waals surface area contributed by atoms with Crippen LogP contribution < -0.4 is 0 Å². The van der Waals surface area contributed by atoms with Crippen LogP contribution in [0.2, 0.25) is 0 Å². The number of piperidine rings is 1. The summed E-state index contributed by atoms with van der Waals surface area (Å²) in [5, 5.41) is 9.48. The molecule has 0 bridgehead atoms. The topological polar surface area (TPSA) is 63.9 Å². The number of thiazole rings is 1. The highest BCUT2D eigenvalue weighted by atomic mass is 32.1. The van der Waals surface area contributed by atoms with E-state index >= 15 is 0 Å². The second kappa shape index (κ2) is 6.71. The van der Waals surface area contributed by atoms with Crippen molar-refractivity contribution in [3.05, 3.63) is 40.9 Å². The van der Waals surface area contributed by atoms with Gasteiger partial charge in [-0.2, -0.15) is 0 Å². The van der Waals surface area contributed by atoms with E-state index in [4.69, 9.17) is 4.98 Å². The van der Waals surface area contributed by atoms with Crippen LogP contribution in [0.5, 0.6) is 0 Å². The van der Waals surface area contributed by atoms with Gasteiger partial charge in [-0.3, -0.25) is 4.79 Å². The van der Waals surface area contributed by atoms with Crippen LogP contribution in [0.1, 0.15) is 48.4 Å². The number of nitrogens with zero attached hydrogens (tertiary/aromatic N) is 5. The largest absolute Gasteiger partial charge is 0.333 e. The Labute approximate surface area is 162 Å². The second-order valence-corrected chi connectivity index (χ2v) is 8.63. The standard InChI is InChI=1S/C20H23N5OS/c1-13-22-23-18-10-9-14(12-25(13)18)20(26)24-11-5-4-7-16(24)19-21-15-6-2-3-8-17(15)27-19/h2-3,6,8,14,16H,4-5,7,9-12H2,1H3/t14-,16+/m0/s1. The fourth-order valence-electron chi connectivity index (χ4n) is 4.38. The summed E-state index contributed by atoms with van der Waals surface area (Å²) in [6.45, 7) is 3.51. The molecular formula is C20H23N5OS. The van der Waals surface area contributed by atoms with Gasteiger partial charge in [-0.15, -0.1) is 21.5 Å². The lowest BCUT2D eigenvalue weighted by Crippen LogP contribution is -2.44. The summed E-state index contributed by atoms with van der Waals surface area (Å²) in [5.74, 6) is 2.21. The van der Waals surface area contributed by atoms with Gasteiger partial charge in [-0.25, -0.2) is 4.98 Å². The maximum absolute atomic E-state index is 13.4. The molecule has 6 nitrogen and oxygen atoms in total. The number of aryl methyl sites for hydroxylation is 2. The minimum absolute atomic E-state index is 0.0159. The number of aromatic nitrogens is 4. The first-order chi connectivity index (χ1) is 13.2. The average molecular weight is 382 g/mol. The first-order valence-electron chi connectivity index (χ1n) is 9.75. The van der Waals surface area contributed by atoms with Crippen LogP contribution in [0.3, 0.4) is 0 Å². The summed E-state index contributed by atoms with van der Waals surface area (Å²) < 4.78 is 3.32. The van der Waals surface area contributed by atoms with Gasteiger partial charge in [0.25, 0.3) is 0 Å². The second-order valence-electron chi connectivity index (χ2n) is 7.57. The number of para-hydroxylation sites is 1. The Bertz CT molecular complexity index is 960. The number of likely N-dealkylation sites (tertiary alicyclic amines) is 1. The van der Waals surface area contributed by atoms with Crippen LogP contribution in [0.4, 0.5) is 0 Å². The predicted octanol–water partition coefficient (Wildman–Crippen LogP) is 3.51. The Kier molecular flexibility index (Phi) is 4.19. The number of fused-ring (bicyclic) bond motifs is 2. The number of hydrogen-bond acceptors (Lipinski definition) is 5. The molecule has 1 amide bonds. The summed E-state index contributed by atoms with van der Waals surface area (Å²) in [4.78, 5) is 20.4. The maximum atomic E-state index is 13.4. The summed E-state index contributed by atoms with van der Waals surface area (Å²) >= 11 is 1.73. The SMILES string of the molecule is Cc1nnc2n1C[C@@H](C(=O)N1CCCC[C@@H]1c1nc3ccccc3s1)CC2. The van der Waals surface area contributed by atoms with E-state index in [0.717, 1.165) is 60.8 Å². The molecule has 0 unspecified atom stereocenters. The zero-order valence-electron chi connectivity index (χ0n) is 15.5. The normalized spacial score (nSPS) is 22.8. The van der Waals surface area contributed by atoms with Crippen molar-refractivity contribution in [3.8, 4) is 0 Å². The molecule has 0 N–H and O–H groups in total. The highest BCUT2D eigenvalue weighted by molar-refractivity contribution is 7.18. The van der Waals surface area contributed by atoms with Gasteiger partial charge in [0.15, 0.2) is 0 Å². The van der Waals surface area contributed by atoms with Crippen LogP contribution >= 0.6 is 11.3 Å². The number of rotatable bonds is 2. The van der Waals surface area contributed by atoms with Gasteiger partial charge in [0, 0.05) is 19.5 Å². The van der Waals surface area contributed by atoms with Gasteiger partial charge >= 0.3 is 0 Å². The molecule has 0 aliphatic carbocycles. The van der Waals surface area contributed by atoms with Crippen molar-refractivity contribution in [2.75, 3.05) is 6.54 Å². The third-order valence-corrected chi connectivity index (χ3v) is 7.00. The van der Waals surface area contributed by atoms with Crippen LogP contribution in [0.25, 0.3) is 10.2 Å². The van der Waals surface area contributed by atoms with Crippen molar-refractivity contribution in [1.82, 2.24) is 24.6 Å². The molecule has 0 radical (unpaired) electrons. The lowest BCUT2D eigenvalue weighted by molar-refractivity contribution is -0.140. The van der Waals surface area contributed by atoms with Crippen LogP contribution in [0, 0.1) is 12.8 Å². The van der Waals surface area contributed by atoms with Gasteiger partial charge in [0.1, 0.15) is 16.7 Å². The molecule has 27 heavy (non-hydrogen) atoms. The Morgan fingerprint density at radius 1 is 1.19 bits per heavy atom. The number of benzene rings is 1. The third kappa shape index (κ3) is 2.94. The number of amides is 1. The Balaban J connectivity index is 1.42. The lowest BCUT2D eigenvalue weighted by atomic mass is 9.94. The zero-order valence-corrected chi connectivity index (χ0v) is 16.3. The summed E-state index contributed by atoms with van der Waals surface area (Å²) in [6, 6.07) is 8.36. The Morgan fingerprint density at radius 3 is 2.96 bits per heavy atom. The first-order valence-corrected chi connectivity index (χ1v) is 10.6. The minimum atomic E-state index is 0.0159. The van der Waals surface area contributed by atoms with Gasteiger partial charge in [0.05, 0.1) is 22.2 Å². The first kappa shape index (κ1) is 16.9. The van der Waals surface area contributed by atoms with Crippen molar-refractivity contribution in [1.29, 1.82) is 0 Å². The molecule has 2 aliphatic heterocycles. The molecule has 2 atom stereocenters. The van der Waals surface area contributed by atoms with E-state index < -0.39 is 0 Å².